The average Bonchev–Trinajstić information content (AvgIpc) is 2.27. The van der Waals surface area contributed by atoms with Crippen LogP contribution in [0.15, 0.2) is 12.1 Å². The van der Waals surface area contributed by atoms with Gasteiger partial charge in [-0.25, -0.2) is 0 Å². The van der Waals surface area contributed by atoms with Crippen molar-refractivity contribution in [1.29, 1.82) is 0 Å². The number of fused-ring (bicyclic) bond motifs is 1. The van der Waals surface area contributed by atoms with Gasteiger partial charge < -0.3 is 15.7 Å². The van der Waals surface area contributed by atoms with Crippen molar-refractivity contribution in [3.8, 4) is 5.75 Å². The summed E-state index contributed by atoms with van der Waals surface area (Å²) < 4.78 is 0. The number of hydrogen-bond acceptors (Lipinski definition) is 3. The van der Waals surface area contributed by atoms with Gasteiger partial charge in [0, 0.05) is 18.8 Å². The lowest BCUT2D eigenvalue weighted by Gasteiger charge is -2.11. The summed E-state index contributed by atoms with van der Waals surface area (Å²) in [7, 11) is 1.64. The number of phenols is 1. The van der Waals surface area contributed by atoms with Gasteiger partial charge in [0.15, 0.2) is 0 Å². The maximum Gasteiger partial charge on any atom is 0.231 e. The van der Waals surface area contributed by atoms with Crippen molar-refractivity contribution in [2.45, 2.75) is 6.42 Å². The number of aromatic hydroxyl groups is 1. The third-order valence-electron chi connectivity index (χ3n) is 2.24. The van der Waals surface area contributed by atoms with E-state index in [4.69, 9.17) is 5.73 Å². The van der Waals surface area contributed by atoms with Crippen LogP contribution in [0.5, 0.6) is 5.75 Å². The maximum absolute atomic E-state index is 11.3. The van der Waals surface area contributed by atoms with E-state index in [1.807, 2.05) is 0 Å². The minimum atomic E-state index is -0.0177. The van der Waals surface area contributed by atoms with Crippen molar-refractivity contribution < 1.29 is 9.90 Å². The highest BCUT2D eigenvalue weighted by Gasteiger charge is 2.27. The van der Waals surface area contributed by atoms with Crippen molar-refractivity contribution in [3.05, 3.63) is 17.7 Å². The Labute approximate surface area is 75.6 Å². The number of carbonyl (C=O) groups excluding carboxylic acids is 1. The molecule has 0 aromatic heterocycles. The molecule has 68 valence electrons. The number of phenolic OH excluding ortho intramolecular Hbond substituents is 1. The number of amides is 1. The van der Waals surface area contributed by atoms with Gasteiger partial charge in [-0.05, 0) is 11.6 Å². The fourth-order valence-electron chi connectivity index (χ4n) is 1.63. The van der Waals surface area contributed by atoms with Crippen LogP contribution in [0.25, 0.3) is 0 Å². The highest BCUT2D eigenvalue weighted by molar-refractivity contribution is 6.03. The van der Waals surface area contributed by atoms with Crippen LogP contribution < -0.4 is 10.6 Å². The maximum atomic E-state index is 11.3. The Morgan fingerprint density at radius 2 is 2.23 bits per heavy atom. The summed E-state index contributed by atoms with van der Waals surface area (Å²) >= 11 is 0. The van der Waals surface area contributed by atoms with E-state index in [2.05, 4.69) is 0 Å². The molecule has 1 aromatic rings. The van der Waals surface area contributed by atoms with E-state index >= 15 is 0 Å². The molecule has 4 heteroatoms. The third kappa shape index (κ3) is 1.02. The minimum absolute atomic E-state index is 0.0177. The van der Waals surface area contributed by atoms with Crippen LogP contribution >= 0.6 is 0 Å². The molecule has 1 aliphatic heterocycles. The van der Waals surface area contributed by atoms with Gasteiger partial charge >= 0.3 is 0 Å². The summed E-state index contributed by atoms with van der Waals surface area (Å²) in [4.78, 5) is 12.7. The van der Waals surface area contributed by atoms with Crippen molar-refractivity contribution in [2.24, 2.45) is 0 Å². The largest absolute Gasteiger partial charge is 0.506 e. The van der Waals surface area contributed by atoms with Crippen molar-refractivity contribution in [1.82, 2.24) is 0 Å². The first-order chi connectivity index (χ1) is 6.09. The molecule has 1 aliphatic rings. The van der Waals surface area contributed by atoms with E-state index in [0.717, 1.165) is 5.56 Å². The summed E-state index contributed by atoms with van der Waals surface area (Å²) in [5.74, 6) is 0.0549. The smallest absolute Gasteiger partial charge is 0.231 e. The molecule has 0 atom stereocenters. The monoisotopic (exact) mass is 178 g/mol. The van der Waals surface area contributed by atoms with Crippen LogP contribution in [0.4, 0.5) is 11.4 Å². The van der Waals surface area contributed by atoms with Gasteiger partial charge in [0.1, 0.15) is 5.75 Å². The van der Waals surface area contributed by atoms with Crippen LogP contribution in [0.2, 0.25) is 0 Å². The molecule has 0 radical (unpaired) electrons. The predicted octanol–water partition coefficient (Wildman–Crippen LogP) is 0.493. The van der Waals surface area contributed by atoms with E-state index in [0.29, 0.717) is 17.8 Å². The second-order valence-electron chi connectivity index (χ2n) is 3.18. The Bertz CT molecular complexity index is 387. The summed E-state index contributed by atoms with van der Waals surface area (Å²) in [6.07, 6.45) is 0.324. The normalized spacial score (nSPS) is 14.8. The van der Waals surface area contributed by atoms with E-state index in [1.165, 1.54) is 11.0 Å². The van der Waals surface area contributed by atoms with Crippen LogP contribution in [0.3, 0.4) is 0 Å². The Morgan fingerprint density at radius 3 is 2.92 bits per heavy atom. The SMILES string of the molecule is CN1C(=O)Cc2cc(N)cc(O)c21. The van der Waals surface area contributed by atoms with Crippen LogP contribution in [-0.2, 0) is 11.2 Å². The van der Waals surface area contributed by atoms with Gasteiger partial charge in [0.2, 0.25) is 5.91 Å². The fraction of sp³-hybridized carbons (Fsp3) is 0.222. The molecule has 13 heavy (non-hydrogen) atoms. The molecule has 0 saturated carbocycles. The second-order valence-corrected chi connectivity index (χ2v) is 3.18. The second kappa shape index (κ2) is 2.39. The molecular formula is C9H10N2O2. The van der Waals surface area contributed by atoms with E-state index < -0.39 is 0 Å². The molecule has 0 spiro atoms. The number of anilines is 2. The van der Waals surface area contributed by atoms with Gasteiger partial charge in [0.05, 0.1) is 12.1 Å². The first-order valence-corrected chi connectivity index (χ1v) is 3.97. The minimum Gasteiger partial charge on any atom is -0.506 e. The average molecular weight is 178 g/mol. The molecule has 1 aromatic carbocycles. The molecule has 4 nitrogen and oxygen atoms in total. The van der Waals surface area contributed by atoms with Crippen LogP contribution in [-0.4, -0.2) is 18.1 Å². The lowest BCUT2D eigenvalue weighted by atomic mass is 10.1. The van der Waals surface area contributed by atoms with Gasteiger partial charge in [-0.2, -0.15) is 0 Å². The number of nitrogens with two attached hydrogens (primary N) is 1. The first kappa shape index (κ1) is 7.91. The van der Waals surface area contributed by atoms with Crippen molar-refractivity contribution >= 4 is 17.3 Å². The Morgan fingerprint density at radius 1 is 1.54 bits per heavy atom. The topological polar surface area (TPSA) is 66.6 Å². The lowest BCUT2D eigenvalue weighted by molar-refractivity contribution is -0.117. The molecule has 2 rings (SSSR count). The fourth-order valence-corrected chi connectivity index (χ4v) is 1.63. The number of likely N-dealkylation sites (N-methyl/N-ethyl adjacent to an activating group) is 1. The Balaban J connectivity index is 2.64. The molecule has 1 amide bonds. The zero-order valence-electron chi connectivity index (χ0n) is 7.24. The highest BCUT2D eigenvalue weighted by Crippen LogP contribution is 2.37. The quantitative estimate of drug-likeness (QED) is 0.568. The summed E-state index contributed by atoms with van der Waals surface area (Å²) in [5, 5.41) is 9.53. The number of rotatable bonds is 0. The Hall–Kier alpha value is -1.71. The van der Waals surface area contributed by atoms with Crippen LogP contribution in [0, 0.1) is 0 Å². The highest BCUT2D eigenvalue weighted by atomic mass is 16.3. The van der Waals surface area contributed by atoms with Crippen LogP contribution in [0.1, 0.15) is 5.56 Å². The van der Waals surface area contributed by atoms with Gasteiger partial charge in [-0.1, -0.05) is 0 Å². The van der Waals surface area contributed by atoms with E-state index in [1.54, 1.807) is 13.1 Å². The molecule has 0 unspecified atom stereocenters. The molecule has 0 saturated heterocycles. The summed E-state index contributed by atoms with van der Waals surface area (Å²) in [6.45, 7) is 0. The zero-order valence-corrected chi connectivity index (χ0v) is 7.24. The van der Waals surface area contributed by atoms with E-state index in [9.17, 15) is 9.90 Å². The molecule has 0 bridgehead atoms. The number of hydrogen-bond donors (Lipinski definition) is 2. The van der Waals surface area contributed by atoms with Crippen molar-refractivity contribution in [3.63, 3.8) is 0 Å². The number of nitrogen functional groups attached to an aromatic ring is 1. The summed E-state index contributed by atoms with van der Waals surface area (Å²) in [6, 6.07) is 3.17. The molecule has 0 fully saturated rings. The van der Waals surface area contributed by atoms with Gasteiger partial charge in [-0.3, -0.25) is 4.79 Å². The molecule has 0 aliphatic carbocycles. The molecule has 1 heterocycles. The third-order valence-corrected chi connectivity index (χ3v) is 2.24. The predicted molar refractivity (Wildman–Crippen MR) is 49.6 cm³/mol. The van der Waals surface area contributed by atoms with Gasteiger partial charge in [0.25, 0.3) is 0 Å². The zero-order chi connectivity index (χ0) is 9.59. The number of benzene rings is 1. The number of carbonyl (C=O) groups is 1. The van der Waals surface area contributed by atoms with Gasteiger partial charge in [-0.15, -0.1) is 0 Å². The Kier molecular flexibility index (Phi) is 1.45. The molecular weight excluding hydrogens is 168 g/mol. The lowest BCUT2D eigenvalue weighted by Crippen LogP contribution is -2.20. The van der Waals surface area contributed by atoms with E-state index in [-0.39, 0.29) is 11.7 Å². The number of nitrogens with zero attached hydrogens (tertiary/aromatic N) is 1. The molecule has 3 N–H and O–H groups in total. The van der Waals surface area contributed by atoms with Crippen molar-refractivity contribution in [2.75, 3.05) is 17.7 Å². The first-order valence-electron chi connectivity index (χ1n) is 3.97. The summed E-state index contributed by atoms with van der Waals surface area (Å²) in [5.41, 5.74) is 7.40. The standard InChI is InChI=1S/C9H10N2O2/c1-11-8(13)3-5-2-6(10)4-7(12)9(5)11/h2,4,12H,3,10H2,1H3.